The van der Waals surface area contributed by atoms with E-state index in [4.69, 9.17) is 9.97 Å². The summed E-state index contributed by atoms with van der Waals surface area (Å²) < 4.78 is 0. The Bertz CT molecular complexity index is 1550. The zero-order valence-corrected chi connectivity index (χ0v) is 23.7. The van der Waals surface area contributed by atoms with Crippen LogP contribution in [0.25, 0.3) is 11.3 Å². The molecule has 0 saturated heterocycles. The van der Waals surface area contributed by atoms with Gasteiger partial charge in [0.25, 0.3) is 0 Å². The molecule has 4 atom stereocenters. The van der Waals surface area contributed by atoms with Gasteiger partial charge in [0.05, 0.1) is 10.6 Å². The first kappa shape index (κ1) is 24.5. The number of thioether (sulfide) groups is 1. The van der Waals surface area contributed by atoms with Crippen LogP contribution in [0.2, 0.25) is 0 Å². The molecule has 0 spiro atoms. The number of fused-ring (bicyclic) bond motifs is 5. The Hall–Kier alpha value is -3.29. The smallest absolute Gasteiger partial charge is 0.230 e. The summed E-state index contributed by atoms with van der Waals surface area (Å²) in [6, 6.07) is 22.5. The lowest BCUT2D eigenvalue weighted by atomic mass is 9.73. The van der Waals surface area contributed by atoms with Gasteiger partial charge in [-0.15, -0.1) is 11.8 Å². The summed E-state index contributed by atoms with van der Waals surface area (Å²) in [5, 5.41) is 0.568. The number of hydrogen-bond acceptors (Lipinski definition) is 4. The average Bonchev–Trinajstić information content (AvgIpc) is 3.23. The van der Waals surface area contributed by atoms with Crippen LogP contribution in [0.1, 0.15) is 80.9 Å². The van der Waals surface area contributed by atoms with Crippen molar-refractivity contribution in [3.8, 4) is 23.1 Å². The zero-order chi connectivity index (χ0) is 26.5. The number of allylic oxidation sites excluding steroid dienone is 4. The maximum absolute atomic E-state index is 5.43. The van der Waals surface area contributed by atoms with Gasteiger partial charge in [0.2, 0.25) is 5.95 Å². The second-order valence-electron chi connectivity index (χ2n) is 12.1. The molecular weight excluding hydrogens is 506 g/mol. The van der Waals surface area contributed by atoms with Crippen molar-refractivity contribution in [3.05, 3.63) is 94.6 Å². The summed E-state index contributed by atoms with van der Waals surface area (Å²) in [6.07, 6.45) is 15.6. The average molecular weight is 542 g/mol. The summed E-state index contributed by atoms with van der Waals surface area (Å²) in [7, 11) is 0. The first-order valence-corrected chi connectivity index (χ1v) is 16.1. The van der Waals surface area contributed by atoms with E-state index in [2.05, 4.69) is 89.6 Å². The van der Waals surface area contributed by atoms with Crippen LogP contribution in [0.4, 0.5) is 11.6 Å². The van der Waals surface area contributed by atoms with Crippen molar-refractivity contribution in [3.63, 3.8) is 0 Å². The van der Waals surface area contributed by atoms with E-state index in [1.165, 1.54) is 77.9 Å². The molecule has 40 heavy (non-hydrogen) atoms. The second-order valence-corrected chi connectivity index (χ2v) is 13.3. The standard InChI is InChI=1S/C36H35N3S/c1-2-6-14-24(13-5-1)30-22-31(25-15-7-3-8-16-25)38-36(37-30)39-32-19-12-11-17-26(32)28-21-29-27-18-9-4-10-20-34(27)40-35(29)23-33(28)39/h3,7-9,11-12,15-19,22,24,28-29,33,35H,1-2,4-6,13-14,21,23H2. The van der Waals surface area contributed by atoms with E-state index >= 15 is 0 Å². The Balaban J connectivity index is 1.22. The largest absolute Gasteiger partial charge is 0.307 e. The minimum atomic E-state index is 0.375. The van der Waals surface area contributed by atoms with Crippen LogP contribution in [-0.4, -0.2) is 21.3 Å². The quantitative estimate of drug-likeness (QED) is 0.244. The maximum atomic E-state index is 5.43. The SMILES string of the molecule is C1#CC2=C(C=CC1)C1CC3c4ccccc4N(c4nc(-c5ccccc5)cc(C5CCCCCC5)n4)C3CC1S2. The minimum absolute atomic E-state index is 0.375. The second kappa shape index (κ2) is 10.3. The number of nitrogens with zero attached hydrogens (tertiary/aromatic N) is 3. The van der Waals surface area contributed by atoms with Crippen molar-refractivity contribution in [1.29, 1.82) is 0 Å². The molecule has 8 rings (SSSR count). The molecule has 0 bridgehead atoms. The molecule has 2 saturated carbocycles. The van der Waals surface area contributed by atoms with Gasteiger partial charge >= 0.3 is 0 Å². The van der Waals surface area contributed by atoms with E-state index < -0.39 is 0 Å². The monoisotopic (exact) mass is 541 g/mol. The molecule has 0 radical (unpaired) electrons. The number of para-hydroxylation sites is 1. The molecule has 3 nitrogen and oxygen atoms in total. The van der Waals surface area contributed by atoms with Crippen molar-refractivity contribution in [2.45, 2.75) is 80.9 Å². The number of benzene rings is 2. The summed E-state index contributed by atoms with van der Waals surface area (Å²) in [5.41, 5.74) is 7.75. The Kier molecular flexibility index (Phi) is 6.29. The third-order valence-electron chi connectivity index (χ3n) is 9.77. The molecule has 2 aromatic carbocycles. The molecule has 3 heterocycles. The topological polar surface area (TPSA) is 29.0 Å². The molecule has 200 valence electrons. The Morgan fingerprint density at radius 3 is 2.55 bits per heavy atom. The highest BCUT2D eigenvalue weighted by molar-refractivity contribution is 8.04. The fourth-order valence-electron chi connectivity index (χ4n) is 7.85. The van der Waals surface area contributed by atoms with Crippen molar-refractivity contribution in [2.24, 2.45) is 5.92 Å². The third kappa shape index (κ3) is 4.22. The van der Waals surface area contributed by atoms with Crippen molar-refractivity contribution >= 4 is 23.4 Å². The van der Waals surface area contributed by atoms with Gasteiger partial charge in [-0.3, -0.25) is 0 Å². The summed E-state index contributed by atoms with van der Waals surface area (Å²) >= 11 is 2.03. The third-order valence-corrected chi connectivity index (χ3v) is 11.2. The zero-order valence-electron chi connectivity index (χ0n) is 22.9. The molecule has 2 fully saturated rings. The Labute approximate surface area is 242 Å². The lowest BCUT2D eigenvalue weighted by molar-refractivity contribution is 0.347. The Morgan fingerprint density at radius 2 is 1.68 bits per heavy atom. The van der Waals surface area contributed by atoms with E-state index in [0.717, 1.165) is 24.5 Å². The first-order chi connectivity index (χ1) is 19.8. The molecule has 0 amide bonds. The molecule has 2 aliphatic heterocycles. The Morgan fingerprint density at radius 1 is 0.850 bits per heavy atom. The van der Waals surface area contributed by atoms with Gasteiger partial charge in [-0.05, 0) is 54.9 Å². The van der Waals surface area contributed by atoms with Crippen LogP contribution < -0.4 is 4.90 Å². The number of aromatic nitrogens is 2. The first-order valence-electron chi connectivity index (χ1n) is 15.2. The van der Waals surface area contributed by atoms with Crippen molar-refractivity contribution in [1.82, 2.24) is 9.97 Å². The molecular formula is C36H35N3S. The van der Waals surface area contributed by atoms with Gasteiger partial charge in [0.15, 0.2) is 0 Å². The normalized spacial score (nSPS) is 27.1. The molecule has 3 aromatic rings. The lowest BCUT2D eigenvalue weighted by Crippen LogP contribution is -2.40. The van der Waals surface area contributed by atoms with Crippen LogP contribution >= 0.6 is 11.8 Å². The van der Waals surface area contributed by atoms with Gasteiger partial charge < -0.3 is 4.90 Å². The van der Waals surface area contributed by atoms with E-state index in [0.29, 0.717) is 29.0 Å². The van der Waals surface area contributed by atoms with E-state index in [1.54, 1.807) is 0 Å². The molecule has 4 unspecified atom stereocenters. The molecule has 5 aliphatic rings. The predicted octanol–water partition coefficient (Wildman–Crippen LogP) is 8.93. The highest BCUT2D eigenvalue weighted by Crippen LogP contribution is 2.58. The van der Waals surface area contributed by atoms with Crippen molar-refractivity contribution < 1.29 is 0 Å². The van der Waals surface area contributed by atoms with E-state index in [9.17, 15) is 0 Å². The molecule has 0 N–H and O–H groups in total. The van der Waals surface area contributed by atoms with E-state index in [-0.39, 0.29) is 0 Å². The fourth-order valence-corrected chi connectivity index (χ4v) is 9.35. The van der Waals surface area contributed by atoms with Gasteiger partial charge in [0, 0.05) is 46.5 Å². The van der Waals surface area contributed by atoms with Crippen LogP contribution in [0, 0.1) is 17.8 Å². The van der Waals surface area contributed by atoms with Crippen molar-refractivity contribution in [2.75, 3.05) is 4.90 Å². The number of hydrogen-bond donors (Lipinski definition) is 0. The summed E-state index contributed by atoms with van der Waals surface area (Å²) in [4.78, 5) is 14.6. The highest BCUT2D eigenvalue weighted by atomic mass is 32.2. The van der Waals surface area contributed by atoms with Crippen LogP contribution in [0.3, 0.4) is 0 Å². The lowest BCUT2D eigenvalue weighted by Gasteiger charge is -2.39. The predicted molar refractivity (Wildman–Crippen MR) is 166 cm³/mol. The molecule has 1 aromatic heterocycles. The number of rotatable bonds is 3. The molecule has 4 heteroatoms. The van der Waals surface area contributed by atoms with Gasteiger partial charge in [-0.2, -0.15) is 0 Å². The van der Waals surface area contributed by atoms with Crippen LogP contribution in [0.15, 0.2) is 83.3 Å². The number of anilines is 2. The van der Waals surface area contributed by atoms with Crippen LogP contribution in [-0.2, 0) is 0 Å². The maximum Gasteiger partial charge on any atom is 0.230 e. The summed E-state index contributed by atoms with van der Waals surface area (Å²) in [6.45, 7) is 0. The summed E-state index contributed by atoms with van der Waals surface area (Å²) in [5.74, 6) is 9.33. The fraction of sp³-hybridized carbons (Fsp3) is 0.389. The van der Waals surface area contributed by atoms with Gasteiger partial charge in [0.1, 0.15) is 0 Å². The van der Waals surface area contributed by atoms with Crippen LogP contribution in [0.5, 0.6) is 0 Å². The molecule has 3 aliphatic carbocycles. The van der Waals surface area contributed by atoms with Gasteiger partial charge in [-0.1, -0.05) is 98.2 Å². The highest BCUT2D eigenvalue weighted by Gasteiger charge is 2.50. The van der Waals surface area contributed by atoms with E-state index in [1.807, 2.05) is 11.8 Å². The minimum Gasteiger partial charge on any atom is -0.307 e. The van der Waals surface area contributed by atoms with Gasteiger partial charge in [-0.25, -0.2) is 9.97 Å².